The van der Waals surface area contributed by atoms with Crippen LogP contribution in [0.15, 0.2) is 0 Å². The van der Waals surface area contributed by atoms with Gasteiger partial charge in [0, 0.05) is 13.6 Å². The summed E-state index contributed by atoms with van der Waals surface area (Å²) < 4.78 is 0. The molecule has 1 aliphatic rings. The Hall–Kier alpha value is -1.10. The van der Waals surface area contributed by atoms with E-state index in [1.54, 1.807) is 11.9 Å². The number of amides is 2. The first kappa shape index (κ1) is 11.0. The fourth-order valence-electron chi connectivity index (χ4n) is 1.44. The van der Waals surface area contributed by atoms with Gasteiger partial charge >= 0.3 is 0 Å². The lowest BCUT2D eigenvalue weighted by molar-refractivity contribution is -0.131. The summed E-state index contributed by atoms with van der Waals surface area (Å²) in [7, 11) is 1.75. The number of nitrogens with one attached hydrogen (secondary N) is 2. The number of carbonyl (C=O) groups is 2. The Bertz CT molecular complexity index is 230. The molecule has 80 valence electrons. The molecular weight excluding hydrogens is 182 g/mol. The molecule has 0 spiro atoms. The van der Waals surface area contributed by atoms with Crippen molar-refractivity contribution >= 4 is 11.8 Å². The summed E-state index contributed by atoms with van der Waals surface area (Å²) in [6.07, 6.45) is 0.715. The van der Waals surface area contributed by atoms with Crippen molar-refractivity contribution in [2.24, 2.45) is 0 Å². The van der Waals surface area contributed by atoms with E-state index in [9.17, 15) is 9.59 Å². The van der Waals surface area contributed by atoms with E-state index in [-0.39, 0.29) is 24.4 Å². The number of rotatable bonds is 4. The molecule has 2 amide bonds. The molecule has 1 aliphatic heterocycles. The lowest BCUT2D eigenvalue weighted by atomic mass is 10.2. The zero-order chi connectivity index (χ0) is 10.6. The Morgan fingerprint density at radius 3 is 2.86 bits per heavy atom. The lowest BCUT2D eigenvalue weighted by Gasteiger charge is -2.12. The highest BCUT2D eigenvalue weighted by atomic mass is 16.2. The van der Waals surface area contributed by atoms with Crippen LogP contribution in [-0.2, 0) is 9.59 Å². The number of likely N-dealkylation sites (tertiary alicyclic amines) is 1. The van der Waals surface area contributed by atoms with Gasteiger partial charge in [-0.2, -0.15) is 0 Å². The molecule has 14 heavy (non-hydrogen) atoms. The Kier molecular flexibility index (Phi) is 3.88. The third kappa shape index (κ3) is 2.70. The summed E-state index contributed by atoms with van der Waals surface area (Å²) in [5.74, 6) is -0.102. The van der Waals surface area contributed by atoms with E-state index in [0.29, 0.717) is 6.42 Å². The maximum atomic E-state index is 11.4. The van der Waals surface area contributed by atoms with E-state index >= 15 is 0 Å². The van der Waals surface area contributed by atoms with Crippen LogP contribution in [-0.4, -0.2) is 49.4 Å². The number of nitrogens with zero attached hydrogens (tertiary/aromatic N) is 1. The Morgan fingerprint density at radius 1 is 1.64 bits per heavy atom. The maximum Gasteiger partial charge on any atom is 0.244 e. The highest BCUT2D eigenvalue weighted by Crippen LogP contribution is 2.07. The van der Waals surface area contributed by atoms with Gasteiger partial charge in [0.1, 0.15) is 6.04 Å². The van der Waals surface area contributed by atoms with Crippen LogP contribution in [0.4, 0.5) is 0 Å². The monoisotopic (exact) mass is 199 g/mol. The minimum atomic E-state index is -0.314. The van der Waals surface area contributed by atoms with Crippen molar-refractivity contribution in [3.63, 3.8) is 0 Å². The molecule has 1 fully saturated rings. The predicted molar refractivity (Wildman–Crippen MR) is 52.7 cm³/mol. The van der Waals surface area contributed by atoms with Crippen LogP contribution in [0.5, 0.6) is 0 Å². The summed E-state index contributed by atoms with van der Waals surface area (Å²) in [5, 5.41) is 5.61. The van der Waals surface area contributed by atoms with Gasteiger partial charge in [0.15, 0.2) is 0 Å². The van der Waals surface area contributed by atoms with Crippen molar-refractivity contribution in [3.05, 3.63) is 0 Å². The molecular formula is C9H17N3O2. The topological polar surface area (TPSA) is 61.4 Å². The third-order valence-corrected chi connectivity index (χ3v) is 2.30. The molecule has 0 aliphatic carbocycles. The first-order valence-corrected chi connectivity index (χ1v) is 4.90. The molecule has 2 N–H and O–H groups in total. The van der Waals surface area contributed by atoms with Gasteiger partial charge in [0.2, 0.25) is 11.8 Å². The van der Waals surface area contributed by atoms with Crippen molar-refractivity contribution in [1.82, 2.24) is 15.5 Å². The van der Waals surface area contributed by atoms with Crippen LogP contribution in [0, 0.1) is 0 Å². The highest BCUT2D eigenvalue weighted by molar-refractivity contribution is 5.89. The zero-order valence-electron chi connectivity index (χ0n) is 8.67. The first-order valence-electron chi connectivity index (χ1n) is 4.90. The summed E-state index contributed by atoms with van der Waals surface area (Å²) in [5.41, 5.74) is 0. The van der Waals surface area contributed by atoms with Crippen molar-refractivity contribution in [3.8, 4) is 0 Å². The number of likely N-dealkylation sites (N-methyl/N-ethyl adjacent to an activating group) is 2. The second kappa shape index (κ2) is 4.95. The Balaban J connectivity index is 2.30. The summed E-state index contributed by atoms with van der Waals surface area (Å²) in [6.45, 7) is 3.70. The molecule has 0 radical (unpaired) electrons. The van der Waals surface area contributed by atoms with E-state index in [0.717, 1.165) is 13.1 Å². The molecule has 0 aromatic carbocycles. The summed E-state index contributed by atoms with van der Waals surface area (Å²) in [4.78, 5) is 24.3. The molecule has 5 heteroatoms. The van der Waals surface area contributed by atoms with Gasteiger partial charge in [0.05, 0.1) is 6.54 Å². The molecule has 5 nitrogen and oxygen atoms in total. The molecule has 0 aromatic heterocycles. The minimum Gasteiger partial charge on any atom is -0.344 e. The number of hydrogen-bond donors (Lipinski definition) is 2. The normalized spacial score (nSPS) is 21.4. The average molecular weight is 199 g/mol. The average Bonchev–Trinajstić information content (AvgIpc) is 2.46. The van der Waals surface area contributed by atoms with Crippen LogP contribution < -0.4 is 10.6 Å². The van der Waals surface area contributed by atoms with Crippen molar-refractivity contribution in [2.45, 2.75) is 19.4 Å². The number of hydrogen-bond acceptors (Lipinski definition) is 3. The van der Waals surface area contributed by atoms with Crippen LogP contribution >= 0.6 is 0 Å². The van der Waals surface area contributed by atoms with Crippen molar-refractivity contribution in [2.75, 3.05) is 26.7 Å². The quantitative estimate of drug-likeness (QED) is 0.607. The molecule has 1 atom stereocenters. The highest BCUT2D eigenvalue weighted by Gasteiger charge is 2.29. The first-order chi connectivity index (χ1) is 6.65. The van der Waals surface area contributed by atoms with Crippen molar-refractivity contribution in [1.29, 1.82) is 0 Å². The molecule has 0 aromatic rings. The largest absolute Gasteiger partial charge is 0.344 e. The Labute approximate surface area is 83.8 Å². The van der Waals surface area contributed by atoms with Gasteiger partial charge in [0.25, 0.3) is 0 Å². The zero-order valence-corrected chi connectivity index (χ0v) is 8.67. The molecule has 0 saturated carbocycles. The maximum absolute atomic E-state index is 11.4. The summed E-state index contributed by atoms with van der Waals surface area (Å²) >= 11 is 0. The lowest BCUT2D eigenvalue weighted by Crippen LogP contribution is -2.44. The van der Waals surface area contributed by atoms with Gasteiger partial charge in [-0.1, -0.05) is 6.92 Å². The third-order valence-electron chi connectivity index (χ3n) is 2.30. The number of carbonyl (C=O) groups excluding carboxylic acids is 2. The standard InChI is InChI=1S/C9H17N3O2/c1-3-10-6-8(13)11-7-4-5-12(2)9(7)14/h7,10H,3-6H2,1-2H3,(H,11,13). The smallest absolute Gasteiger partial charge is 0.244 e. The van der Waals surface area contributed by atoms with Gasteiger partial charge in [-0.3, -0.25) is 9.59 Å². The van der Waals surface area contributed by atoms with Crippen LogP contribution in [0.3, 0.4) is 0 Å². The SMILES string of the molecule is CCNCC(=O)NC1CCN(C)C1=O. The minimum absolute atomic E-state index is 0.00912. The van der Waals surface area contributed by atoms with E-state index in [4.69, 9.17) is 0 Å². The van der Waals surface area contributed by atoms with E-state index < -0.39 is 0 Å². The van der Waals surface area contributed by atoms with Gasteiger partial charge in [-0.15, -0.1) is 0 Å². The van der Waals surface area contributed by atoms with Gasteiger partial charge < -0.3 is 15.5 Å². The molecule has 0 bridgehead atoms. The van der Waals surface area contributed by atoms with Crippen molar-refractivity contribution < 1.29 is 9.59 Å². The second-order valence-corrected chi connectivity index (χ2v) is 3.45. The van der Waals surface area contributed by atoms with Crippen LogP contribution in [0.25, 0.3) is 0 Å². The van der Waals surface area contributed by atoms with Gasteiger partial charge in [-0.05, 0) is 13.0 Å². The molecule has 1 saturated heterocycles. The predicted octanol–water partition coefficient (Wildman–Crippen LogP) is -1.06. The molecule has 1 unspecified atom stereocenters. The van der Waals surface area contributed by atoms with E-state index in [2.05, 4.69) is 10.6 Å². The Morgan fingerprint density at radius 2 is 2.36 bits per heavy atom. The fraction of sp³-hybridized carbons (Fsp3) is 0.778. The van der Waals surface area contributed by atoms with Gasteiger partial charge in [-0.25, -0.2) is 0 Å². The van der Waals surface area contributed by atoms with E-state index in [1.807, 2.05) is 6.92 Å². The molecule has 1 heterocycles. The summed E-state index contributed by atoms with van der Waals surface area (Å²) in [6, 6.07) is -0.314. The van der Waals surface area contributed by atoms with E-state index in [1.165, 1.54) is 0 Å². The van der Waals surface area contributed by atoms with Crippen LogP contribution in [0.2, 0.25) is 0 Å². The fourth-order valence-corrected chi connectivity index (χ4v) is 1.44. The molecule has 1 rings (SSSR count). The second-order valence-electron chi connectivity index (χ2n) is 3.45. The van der Waals surface area contributed by atoms with Crippen LogP contribution in [0.1, 0.15) is 13.3 Å².